The second-order valence-corrected chi connectivity index (χ2v) is 6.17. The van der Waals surface area contributed by atoms with Crippen LogP contribution in [0, 0.1) is 0 Å². The average Bonchev–Trinajstić information content (AvgIpc) is 2.38. The molecule has 19 heavy (non-hydrogen) atoms. The van der Waals surface area contributed by atoms with Gasteiger partial charge in [0, 0.05) is 5.54 Å². The molecule has 1 N–H and O–H groups in total. The number of rotatable bonds is 7. The first-order valence-electron chi connectivity index (χ1n) is 7.36. The van der Waals surface area contributed by atoms with Crippen molar-refractivity contribution >= 4 is 0 Å². The van der Waals surface area contributed by atoms with Crippen molar-refractivity contribution in [1.82, 2.24) is 5.32 Å². The van der Waals surface area contributed by atoms with E-state index in [1.807, 2.05) is 6.07 Å². The Balaban J connectivity index is 2.54. The third-order valence-corrected chi connectivity index (χ3v) is 3.46. The molecule has 0 spiro atoms. The van der Waals surface area contributed by atoms with Gasteiger partial charge in [-0.2, -0.15) is 0 Å². The SMILES string of the molecule is CCC(CCCNC(C)(C)C)c1ccccc1OC. The molecule has 0 saturated heterocycles. The molecular formula is C17H29NO. The highest BCUT2D eigenvalue weighted by atomic mass is 16.5. The molecule has 2 heteroatoms. The number of nitrogens with one attached hydrogen (secondary N) is 1. The predicted octanol–water partition coefficient (Wildman–Crippen LogP) is 4.36. The Hall–Kier alpha value is -1.02. The molecule has 1 rings (SSSR count). The second-order valence-electron chi connectivity index (χ2n) is 6.17. The lowest BCUT2D eigenvalue weighted by Gasteiger charge is -2.22. The van der Waals surface area contributed by atoms with Gasteiger partial charge in [0.2, 0.25) is 0 Å². The van der Waals surface area contributed by atoms with Crippen LogP contribution in [0.2, 0.25) is 0 Å². The van der Waals surface area contributed by atoms with E-state index in [0.29, 0.717) is 5.92 Å². The number of ether oxygens (including phenoxy) is 1. The van der Waals surface area contributed by atoms with Gasteiger partial charge in [-0.25, -0.2) is 0 Å². The summed E-state index contributed by atoms with van der Waals surface area (Å²) in [6, 6.07) is 8.40. The number of para-hydroxylation sites is 1. The Bertz CT molecular complexity index is 368. The average molecular weight is 263 g/mol. The largest absolute Gasteiger partial charge is 0.496 e. The Morgan fingerprint density at radius 3 is 2.47 bits per heavy atom. The molecule has 0 saturated carbocycles. The molecule has 1 aromatic rings. The standard InChI is InChI=1S/C17H29NO/c1-6-14(10-9-13-18-17(2,3)4)15-11-7-8-12-16(15)19-5/h7-8,11-12,14,18H,6,9-10,13H2,1-5H3. The first-order valence-corrected chi connectivity index (χ1v) is 7.36. The van der Waals surface area contributed by atoms with E-state index in [1.165, 1.54) is 18.4 Å². The minimum atomic E-state index is 0.214. The molecule has 0 fully saturated rings. The maximum absolute atomic E-state index is 5.47. The van der Waals surface area contributed by atoms with Crippen LogP contribution in [-0.4, -0.2) is 19.2 Å². The summed E-state index contributed by atoms with van der Waals surface area (Å²) in [4.78, 5) is 0. The summed E-state index contributed by atoms with van der Waals surface area (Å²) in [6.45, 7) is 9.98. The summed E-state index contributed by atoms with van der Waals surface area (Å²) in [6.07, 6.45) is 3.57. The Labute approximate surface area is 118 Å². The molecule has 0 amide bonds. The first-order chi connectivity index (χ1) is 8.98. The van der Waals surface area contributed by atoms with E-state index >= 15 is 0 Å². The van der Waals surface area contributed by atoms with Crippen molar-refractivity contribution in [2.24, 2.45) is 0 Å². The van der Waals surface area contributed by atoms with Crippen molar-refractivity contribution in [3.8, 4) is 5.75 Å². The molecule has 0 radical (unpaired) electrons. The van der Waals surface area contributed by atoms with Crippen LogP contribution in [0.15, 0.2) is 24.3 Å². The van der Waals surface area contributed by atoms with Gasteiger partial charge in [0.05, 0.1) is 7.11 Å². The van der Waals surface area contributed by atoms with Gasteiger partial charge >= 0.3 is 0 Å². The van der Waals surface area contributed by atoms with Gasteiger partial charge in [0.1, 0.15) is 5.75 Å². The molecule has 0 aliphatic carbocycles. The maximum Gasteiger partial charge on any atom is 0.122 e. The van der Waals surface area contributed by atoms with Crippen molar-refractivity contribution in [3.05, 3.63) is 29.8 Å². The summed E-state index contributed by atoms with van der Waals surface area (Å²) >= 11 is 0. The smallest absolute Gasteiger partial charge is 0.122 e. The quantitative estimate of drug-likeness (QED) is 0.738. The lowest BCUT2D eigenvalue weighted by atomic mass is 9.91. The van der Waals surface area contributed by atoms with Crippen LogP contribution in [0.3, 0.4) is 0 Å². The molecule has 2 nitrogen and oxygen atoms in total. The van der Waals surface area contributed by atoms with Crippen LogP contribution in [0.4, 0.5) is 0 Å². The van der Waals surface area contributed by atoms with E-state index in [0.717, 1.165) is 18.7 Å². The third-order valence-electron chi connectivity index (χ3n) is 3.46. The first kappa shape index (κ1) is 16.0. The highest BCUT2D eigenvalue weighted by Gasteiger charge is 2.14. The Morgan fingerprint density at radius 2 is 1.89 bits per heavy atom. The van der Waals surface area contributed by atoms with E-state index in [-0.39, 0.29) is 5.54 Å². The van der Waals surface area contributed by atoms with Gasteiger partial charge in [-0.05, 0) is 64.1 Å². The van der Waals surface area contributed by atoms with Crippen LogP contribution >= 0.6 is 0 Å². The van der Waals surface area contributed by atoms with E-state index in [2.05, 4.69) is 51.2 Å². The van der Waals surface area contributed by atoms with E-state index in [9.17, 15) is 0 Å². The third kappa shape index (κ3) is 5.65. The summed E-state index contributed by atoms with van der Waals surface area (Å²) in [7, 11) is 1.76. The number of benzene rings is 1. The fraction of sp³-hybridized carbons (Fsp3) is 0.647. The van der Waals surface area contributed by atoms with Crippen LogP contribution < -0.4 is 10.1 Å². The molecule has 0 aromatic heterocycles. The van der Waals surface area contributed by atoms with E-state index in [1.54, 1.807) is 7.11 Å². The second kappa shape index (κ2) is 7.54. The molecular weight excluding hydrogens is 234 g/mol. The molecule has 1 aromatic carbocycles. The lowest BCUT2D eigenvalue weighted by molar-refractivity contribution is 0.393. The molecule has 0 aliphatic rings. The van der Waals surface area contributed by atoms with Crippen LogP contribution in [0.1, 0.15) is 58.4 Å². The monoisotopic (exact) mass is 263 g/mol. The van der Waals surface area contributed by atoms with Crippen LogP contribution in [0.5, 0.6) is 5.75 Å². The highest BCUT2D eigenvalue weighted by molar-refractivity contribution is 5.36. The molecule has 0 aliphatic heterocycles. The van der Waals surface area contributed by atoms with Gasteiger partial charge in [0.15, 0.2) is 0 Å². The topological polar surface area (TPSA) is 21.3 Å². The minimum Gasteiger partial charge on any atom is -0.496 e. The van der Waals surface area contributed by atoms with Crippen LogP contribution in [0.25, 0.3) is 0 Å². The fourth-order valence-electron chi connectivity index (χ4n) is 2.40. The number of hydrogen-bond acceptors (Lipinski definition) is 2. The van der Waals surface area contributed by atoms with E-state index < -0.39 is 0 Å². The summed E-state index contributed by atoms with van der Waals surface area (Å²) < 4.78 is 5.47. The summed E-state index contributed by atoms with van der Waals surface area (Å²) in [5, 5.41) is 3.55. The zero-order chi connectivity index (χ0) is 14.3. The van der Waals surface area contributed by atoms with Crippen molar-refractivity contribution in [2.45, 2.75) is 58.4 Å². The molecule has 1 unspecified atom stereocenters. The minimum absolute atomic E-state index is 0.214. The fourth-order valence-corrected chi connectivity index (χ4v) is 2.40. The lowest BCUT2D eigenvalue weighted by Crippen LogP contribution is -2.36. The van der Waals surface area contributed by atoms with Crippen LogP contribution in [-0.2, 0) is 0 Å². The maximum atomic E-state index is 5.47. The van der Waals surface area contributed by atoms with Crippen molar-refractivity contribution in [3.63, 3.8) is 0 Å². The van der Waals surface area contributed by atoms with Crippen molar-refractivity contribution in [2.75, 3.05) is 13.7 Å². The van der Waals surface area contributed by atoms with Crippen molar-refractivity contribution in [1.29, 1.82) is 0 Å². The molecule has 108 valence electrons. The van der Waals surface area contributed by atoms with E-state index in [4.69, 9.17) is 4.74 Å². The summed E-state index contributed by atoms with van der Waals surface area (Å²) in [5.41, 5.74) is 1.56. The Morgan fingerprint density at radius 1 is 1.21 bits per heavy atom. The zero-order valence-corrected chi connectivity index (χ0v) is 13.1. The predicted molar refractivity (Wildman–Crippen MR) is 83.0 cm³/mol. The van der Waals surface area contributed by atoms with Gasteiger partial charge in [0.25, 0.3) is 0 Å². The number of hydrogen-bond donors (Lipinski definition) is 1. The molecule has 0 heterocycles. The van der Waals surface area contributed by atoms with Gasteiger partial charge in [-0.15, -0.1) is 0 Å². The number of methoxy groups -OCH3 is 1. The van der Waals surface area contributed by atoms with Gasteiger partial charge in [-0.3, -0.25) is 0 Å². The van der Waals surface area contributed by atoms with Gasteiger partial charge in [-0.1, -0.05) is 25.1 Å². The zero-order valence-electron chi connectivity index (χ0n) is 13.1. The van der Waals surface area contributed by atoms with Crippen molar-refractivity contribution < 1.29 is 4.74 Å². The molecule has 0 bridgehead atoms. The summed E-state index contributed by atoms with van der Waals surface area (Å²) in [5.74, 6) is 1.62. The normalized spacial score (nSPS) is 13.3. The Kier molecular flexibility index (Phi) is 6.36. The van der Waals surface area contributed by atoms with Gasteiger partial charge < -0.3 is 10.1 Å². The highest BCUT2D eigenvalue weighted by Crippen LogP contribution is 2.31. The molecule has 1 atom stereocenters.